The van der Waals surface area contributed by atoms with Crippen molar-refractivity contribution in [3.63, 3.8) is 0 Å². The average Bonchev–Trinajstić information content (AvgIpc) is 2.55. The monoisotopic (exact) mass is 343 g/mol. The molecule has 0 unspecified atom stereocenters. The third-order valence-corrected chi connectivity index (χ3v) is 3.80. The van der Waals surface area contributed by atoms with Crippen molar-refractivity contribution in [2.45, 2.75) is 55.2 Å². The van der Waals surface area contributed by atoms with Gasteiger partial charge in [0, 0.05) is 0 Å². The van der Waals surface area contributed by atoms with Crippen molar-refractivity contribution >= 4 is 0 Å². The van der Waals surface area contributed by atoms with Crippen LogP contribution in [-0.4, -0.2) is 115 Å². The van der Waals surface area contributed by atoms with Crippen LogP contribution in [0.15, 0.2) is 0 Å². The lowest BCUT2D eigenvalue weighted by Gasteiger charge is -2.45. The molecular formula is C11H21NO11. The third kappa shape index (κ3) is 3.63. The summed E-state index contributed by atoms with van der Waals surface area (Å²) in [6.07, 6.45) is -14.2. The molecule has 8 N–H and O–H groups in total. The lowest BCUT2D eigenvalue weighted by atomic mass is 9.99. The van der Waals surface area contributed by atoms with E-state index >= 15 is 0 Å². The van der Waals surface area contributed by atoms with E-state index in [0.29, 0.717) is 0 Å². The van der Waals surface area contributed by atoms with Crippen LogP contribution in [0.3, 0.4) is 0 Å². The van der Waals surface area contributed by atoms with Crippen molar-refractivity contribution in [2.75, 3.05) is 13.2 Å². The highest BCUT2D eigenvalue weighted by atomic mass is 16.9. The zero-order valence-corrected chi connectivity index (χ0v) is 11.9. The first-order chi connectivity index (χ1) is 10.8. The Balaban J connectivity index is 2.11. The molecule has 0 saturated carbocycles. The maximum Gasteiger partial charge on any atom is 0.187 e. The van der Waals surface area contributed by atoms with Gasteiger partial charge < -0.3 is 45.2 Å². The number of aliphatic hydroxyl groups excluding tert-OH is 7. The first kappa shape index (κ1) is 18.9. The lowest BCUT2D eigenvalue weighted by molar-refractivity contribution is -0.470. The van der Waals surface area contributed by atoms with Crippen LogP contribution in [0.2, 0.25) is 0 Å². The molecule has 2 fully saturated rings. The molecule has 9 atom stereocenters. The molecule has 0 aromatic rings. The van der Waals surface area contributed by atoms with Gasteiger partial charge in [0.15, 0.2) is 12.5 Å². The molecule has 0 amide bonds. The summed E-state index contributed by atoms with van der Waals surface area (Å²) in [5.74, 6) is 0. The number of hydroxylamine groups is 2. The van der Waals surface area contributed by atoms with Gasteiger partial charge in [-0.05, 0) is 5.23 Å². The van der Waals surface area contributed by atoms with Crippen LogP contribution in [0.5, 0.6) is 0 Å². The van der Waals surface area contributed by atoms with Gasteiger partial charge in [0.05, 0.1) is 13.2 Å². The van der Waals surface area contributed by atoms with Crippen LogP contribution < -0.4 is 0 Å². The van der Waals surface area contributed by atoms with Gasteiger partial charge in [-0.1, -0.05) is 0 Å². The van der Waals surface area contributed by atoms with Crippen molar-refractivity contribution in [2.24, 2.45) is 0 Å². The summed E-state index contributed by atoms with van der Waals surface area (Å²) in [5, 5.41) is 76.1. The molecule has 2 aliphatic rings. The smallest absolute Gasteiger partial charge is 0.187 e. The topological polar surface area (TPSA) is 193 Å². The van der Waals surface area contributed by atoms with Crippen LogP contribution in [0.25, 0.3) is 0 Å². The molecule has 136 valence electrons. The summed E-state index contributed by atoms with van der Waals surface area (Å²) >= 11 is 0. The van der Waals surface area contributed by atoms with E-state index in [1.807, 2.05) is 0 Å². The van der Waals surface area contributed by atoms with Crippen LogP contribution in [0.1, 0.15) is 0 Å². The standard InChI is InChI=1S/C11H21NO11/c13-1-3-5(15)6(16)7(17)11(21-3)22-9-4(2-14)23-12(20)10(19)8(9)18/h3-11,13-20H,1-2H2/t3-,4-,5+,6+,7-,8+,9-,10-,11+/m1/s1. The van der Waals surface area contributed by atoms with E-state index in [0.717, 1.165) is 0 Å². The predicted molar refractivity (Wildman–Crippen MR) is 66.2 cm³/mol. The van der Waals surface area contributed by atoms with E-state index in [2.05, 4.69) is 0 Å². The maximum atomic E-state index is 9.90. The second-order valence-electron chi connectivity index (χ2n) is 5.33. The molecule has 0 bridgehead atoms. The van der Waals surface area contributed by atoms with Crippen LogP contribution in [0, 0.1) is 0 Å². The molecule has 2 saturated heterocycles. The van der Waals surface area contributed by atoms with Gasteiger partial charge in [-0.2, -0.15) is 0 Å². The zero-order valence-electron chi connectivity index (χ0n) is 11.9. The number of ether oxygens (including phenoxy) is 2. The summed E-state index contributed by atoms with van der Waals surface area (Å²) in [7, 11) is 0. The summed E-state index contributed by atoms with van der Waals surface area (Å²) < 4.78 is 10.3. The Bertz CT molecular complexity index is 383. The fraction of sp³-hybridized carbons (Fsp3) is 1.00. The first-order valence-corrected chi connectivity index (χ1v) is 6.89. The molecule has 2 rings (SSSR count). The van der Waals surface area contributed by atoms with Crippen molar-refractivity contribution < 1.29 is 55.3 Å². The van der Waals surface area contributed by atoms with Crippen molar-refractivity contribution in [1.29, 1.82) is 0 Å². The van der Waals surface area contributed by atoms with Crippen molar-refractivity contribution in [1.82, 2.24) is 5.23 Å². The molecule has 12 nitrogen and oxygen atoms in total. The van der Waals surface area contributed by atoms with E-state index in [9.17, 15) is 35.8 Å². The molecule has 0 radical (unpaired) electrons. The van der Waals surface area contributed by atoms with Crippen LogP contribution in [0.4, 0.5) is 0 Å². The largest absolute Gasteiger partial charge is 0.394 e. The molecule has 2 aliphatic heterocycles. The normalized spacial score (nSPS) is 49.3. The second kappa shape index (κ2) is 7.60. The minimum absolute atomic E-state index is 0.0568. The summed E-state index contributed by atoms with van der Waals surface area (Å²) in [6, 6.07) is 0. The van der Waals surface area contributed by atoms with E-state index in [1.165, 1.54) is 0 Å². The van der Waals surface area contributed by atoms with E-state index in [-0.39, 0.29) is 5.23 Å². The molecule has 0 aromatic carbocycles. The molecule has 23 heavy (non-hydrogen) atoms. The quantitative estimate of drug-likeness (QED) is 0.242. The summed E-state index contributed by atoms with van der Waals surface area (Å²) in [4.78, 5) is 4.71. The van der Waals surface area contributed by atoms with E-state index in [1.54, 1.807) is 0 Å². The minimum Gasteiger partial charge on any atom is -0.394 e. The maximum absolute atomic E-state index is 9.90. The number of rotatable bonds is 4. The average molecular weight is 343 g/mol. The predicted octanol–water partition coefficient (Wildman–Crippen LogP) is -5.15. The van der Waals surface area contributed by atoms with Crippen molar-refractivity contribution in [3.05, 3.63) is 0 Å². The van der Waals surface area contributed by atoms with E-state index < -0.39 is 68.5 Å². The lowest BCUT2D eigenvalue weighted by Crippen LogP contribution is -2.65. The van der Waals surface area contributed by atoms with Gasteiger partial charge in [0.1, 0.15) is 42.7 Å². The Morgan fingerprint density at radius 1 is 0.826 bits per heavy atom. The number of aliphatic hydroxyl groups is 7. The highest BCUT2D eigenvalue weighted by molar-refractivity contribution is 4.91. The van der Waals surface area contributed by atoms with Crippen LogP contribution >= 0.6 is 0 Å². The second-order valence-corrected chi connectivity index (χ2v) is 5.33. The minimum atomic E-state index is -1.90. The molecule has 12 heteroatoms. The molecule has 0 aromatic heterocycles. The Hall–Kier alpha value is -0.480. The van der Waals surface area contributed by atoms with Gasteiger partial charge in [0.25, 0.3) is 0 Å². The van der Waals surface area contributed by atoms with Crippen molar-refractivity contribution in [3.8, 4) is 0 Å². The van der Waals surface area contributed by atoms with Gasteiger partial charge in [0.2, 0.25) is 0 Å². The Labute approximate surface area is 130 Å². The Morgan fingerprint density at radius 3 is 2.00 bits per heavy atom. The summed E-state index contributed by atoms with van der Waals surface area (Å²) in [5.41, 5.74) is 0. The highest BCUT2D eigenvalue weighted by Crippen LogP contribution is 2.27. The zero-order chi connectivity index (χ0) is 17.3. The van der Waals surface area contributed by atoms with Gasteiger partial charge in [-0.3, -0.25) is 10.0 Å². The number of nitrogens with zero attached hydrogens (tertiary/aromatic N) is 1. The molecular weight excluding hydrogens is 322 g/mol. The fourth-order valence-electron chi connectivity index (χ4n) is 2.42. The van der Waals surface area contributed by atoms with Crippen LogP contribution in [-0.2, 0) is 14.3 Å². The molecule has 0 aliphatic carbocycles. The molecule has 2 heterocycles. The summed E-state index contributed by atoms with van der Waals surface area (Å²) in [6.45, 7) is -1.39. The third-order valence-electron chi connectivity index (χ3n) is 3.80. The number of hydrogen-bond donors (Lipinski definition) is 8. The molecule has 0 spiro atoms. The van der Waals surface area contributed by atoms with Gasteiger partial charge in [-0.15, -0.1) is 0 Å². The van der Waals surface area contributed by atoms with E-state index in [4.69, 9.17) is 19.4 Å². The fourth-order valence-corrected chi connectivity index (χ4v) is 2.42. The van der Waals surface area contributed by atoms with Gasteiger partial charge in [-0.25, -0.2) is 0 Å². The Kier molecular flexibility index (Phi) is 6.23. The SMILES string of the molecule is OC[C@H]1O[C@@H](O[C@H]2[C@H](O)[C@@H](O)N(O)O[C@@H]2CO)[C@H](O)[C@@H](O)[C@H]1O. The number of hydrogen-bond acceptors (Lipinski definition) is 12. The Morgan fingerprint density at radius 2 is 1.43 bits per heavy atom. The first-order valence-electron chi connectivity index (χ1n) is 6.89. The highest BCUT2D eigenvalue weighted by Gasteiger charge is 2.50. The van der Waals surface area contributed by atoms with Gasteiger partial charge >= 0.3 is 0 Å².